The highest BCUT2D eigenvalue weighted by atomic mass is 16.5. The largest absolute Gasteiger partial charge is 0.383 e. The number of para-hydroxylation sites is 1. The van der Waals surface area contributed by atoms with Gasteiger partial charge in [0.25, 0.3) is 0 Å². The van der Waals surface area contributed by atoms with Crippen molar-refractivity contribution < 1.29 is 9.53 Å². The Kier molecular flexibility index (Phi) is 4.93. The number of aryl methyl sites for hydroxylation is 1. The van der Waals surface area contributed by atoms with Gasteiger partial charge in [-0.1, -0.05) is 18.2 Å². The summed E-state index contributed by atoms with van der Waals surface area (Å²) in [4.78, 5) is 14.3. The lowest BCUT2D eigenvalue weighted by atomic mass is 9.96. The number of fused-ring (bicyclic) bond motifs is 1. The molecule has 1 aliphatic heterocycles. The van der Waals surface area contributed by atoms with Gasteiger partial charge in [-0.05, 0) is 31.4 Å². The number of hydrogen-bond donors (Lipinski definition) is 1. The monoisotopic (exact) mass is 262 g/mol. The van der Waals surface area contributed by atoms with Gasteiger partial charge in [-0.15, -0.1) is 0 Å². The van der Waals surface area contributed by atoms with E-state index in [-0.39, 0.29) is 11.9 Å². The Morgan fingerprint density at radius 2 is 2.26 bits per heavy atom. The first-order chi connectivity index (χ1) is 9.24. The van der Waals surface area contributed by atoms with Crippen LogP contribution in [0.5, 0.6) is 0 Å². The molecule has 0 saturated heterocycles. The Bertz CT molecular complexity index is 434. The van der Waals surface area contributed by atoms with Gasteiger partial charge in [-0.2, -0.15) is 0 Å². The molecular formula is C15H22N2O2. The van der Waals surface area contributed by atoms with Crippen molar-refractivity contribution >= 4 is 11.6 Å². The Morgan fingerprint density at radius 1 is 1.47 bits per heavy atom. The number of anilines is 1. The van der Waals surface area contributed by atoms with Crippen LogP contribution >= 0.6 is 0 Å². The van der Waals surface area contributed by atoms with Gasteiger partial charge in [0.1, 0.15) is 0 Å². The van der Waals surface area contributed by atoms with Crippen molar-refractivity contribution in [3.8, 4) is 0 Å². The summed E-state index contributed by atoms with van der Waals surface area (Å²) in [5.74, 6) is 0.135. The number of rotatable bonds is 5. The van der Waals surface area contributed by atoms with Gasteiger partial charge < -0.3 is 15.0 Å². The van der Waals surface area contributed by atoms with Crippen LogP contribution in [-0.4, -0.2) is 38.8 Å². The molecule has 0 fully saturated rings. The van der Waals surface area contributed by atoms with E-state index in [1.54, 1.807) is 7.11 Å². The zero-order valence-corrected chi connectivity index (χ0v) is 11.7. The fourth-order valence-electron chi connectivity index (χ4n) is 2.52. The summed E-state index contributed by atoms with van der Waals surface area (Å²) in [6.07, 6.45) is 2.08. The maximum atomic E-state index is 12.4. The Morgan fingerprint density at radius 3 is 3.05 bits per heavy atom. The van der Waals surface area contributed by atoms with E-state index in [0.717, 1.165) is 18.5 Å². The zero-order chi connectivity index (χ0) is 13.7. The molecule has 0 saturated carbocycles. The average molecular weight is 262 g/mol. The molecule has 1 aromatic rings. The number of hydrogen-bond acceptors (Lipinski definition) is 3. The molecule has 1 atom stereocenters. The molecule has 19 heavy (non-hydrogen) atoms. The van der Waals surface area contributed by atoms with Crippen molar-refractivity contribution in [2.75, 3.05) is 31.7 Å². The molecule has 0 aliphatic carbocycles. The minimum atomic E-state index is 0.135. The molecule has 1 heterocycles. The maximum Gasteiger partial charge on any atom is 0.241 e. The van der Waals surface area contributed by atoms with Gasteiger partial charge in [0.05, 0.1) is 13.2 Å². The summed E-state index contributed by atoms with van der Waals surface area (Å²) < 4.78 is 4.96. The first-order valence-electron chi connectivity index (χ1n) is 6.83. The van der Waals surface area contributed by atoms with Crippen LogP contribution < -0.4 is 10.2 Å². The van der Waals surface area contributed by atoms with Gasteiger partial charge in [0.2, 0.25) is 5.91 Å². The van der Waals surface area contributed by atoms with Crippen LogP contribution in [0.4, 0.5) is 5.69 Å². The second kappa shape index (κ2) is 6.68. The molecule has 4 heteroatoms. The van der Waals surface area contributed by atoms with E-state index in [9.17, 15) is 4.79 Å². The number of amides is 1. The first-order valence-corrected chi connectivity index (χ1v) is 6.83. The molecule has 0 radical (unpaired) electrons. The van der Waals surface area contributed by atoms with E-state index in [0.29, 0.717) is 19.7 Å². The van der Waals surface area contributed by atoms with E-state index in [1.807, 2.05) is 23.1 Å². The number of benzene rings is 1. The van der Waals surface area contributed by atoms with Crippen LogP contribution in [0.1, 0.15) is 18.9 Å². The summed E-state index contributed by atoms with van der Waals surface area (Å²) in [6, 6.07) is 8.45. The SMILES string of the molecule is COCCNCC(=O)N1c2ccccc2CCC1C. The second-order valence-corrected chi connectivity index (χ2v) is 4.95. The Balaban J connectivity index is 2.04. The Labute approximate surface area is 114 Å². The molecule has 0 spiro atoms. The molecule has 1 aliphatic rings. The van der Waals surface area contributed by atoms with E-state index in [4.69, 9.17) is 4.74 Å². The van der Waals surface area contributed by atoms with Crippen LogP contribution in [0.25, 0.3) is 0 Å². The number of methoxy groups -OCH3 is 1. The highest BCUT2D eigenvalue weighted by Crippen LogP contribution is 2.30. The van der Waals surface area contributed by atoms with Crippen molar-refractivity contribution in [1.29, 1.82) is 0 Å². The molecule has 4 nitrogen and oxygen atoms in total. The van der Waals surface area contributed by atoms with Crippen LogP contribution in [0, 0.1) is 0 Å². The third kappa shape index (κ3) is 3.33. The highest BCUT2D eigenvalue weighted by Gasteiger charge is 2.27. The molecule has 1 amide bonds. The molecular weight excluding hydrogens is 240 g/mol. The minimum absolute atomic E-state index is 0.135. The van der Waals surface area contributed by atoms with Crippen molar-refractivity contribution in [1.82, 2.24) is 5.32 Å². The normalized spacial score (nSPS) is 18.2. The number of nitrogens with one attached hydrogen (secondary N) is 1. The molecule has 1 N–H and O–H groups in total. The molecule has 0 aromatic heterocycles. The molecule has 1 unspecified atom stereocenters. The predicted octanol–water partition coefficient (Wildman–Crippen LogP) is 1.59. The summed E-state index contributed by atoms with van der Waals surface area (Å²) in [5.41, 5.74) is 2.34. The first kappa shape index (κ1) is 14.0. The van der Waals surface area contributed by atoms with Gasteiger partial charge in [0.15, 0.2) is 0 Å². The topological polar surface area (TPSA) is 41.6 Å². The summed E-state index contributed by atoms with van der Waals surface area (Å²) in [5, 5.41) is 3.12. The molecule has 104 valence electrons. The number of carbonyl (C=O) groups is 1. The molecule has 1 aromatic carbocycles. The van der Waals surface area contributed by atoms with E-state index >= 15 is 0 Å². The molecule has 2 rings (SSSR count). The second-order valence-electron chi connectivity index (χ2n) is 4.95. The van der Waals surface area contributed by atoms with Crippen LogP contribution in [0.3, 0.4) is 0 Å². The predicted molar refractivity (Wildman–Crippen MR) is 76.5 cm³/mol. The molecule has 0 bridgehead atoms. The van der Waals surface area contributed by atoms with Crippen molar-refractivity contribution in [3.63, 3.8) is 0 Å². The van der Waals surface area contributed by atoms with Gasteiger partial charge in [-0.25, -0.2) is 0 Å². The standard InChI is InChI=1S/C15H22N2O2/c1-12-7-8-13-5-3-4-6-14(13)17(12)15(18)11-16-9-10-19-2/h3-6,12,16H,7-11H2,1-2H3. The summed E-state index contributed by atoms with van der Waals surface area (Å²) >= 11 is 0. The van der Waals surface area contributed by atoms with Crippen molar-refractivity contribution in [3.05, 3.63) is 29.8 Å². The maximum absolute atomic E-state index is 12.4. The fraction of sp³-hybridized carbons (Fsp3) is 0.533. The quantitative estimate of drug-likeness (QED) is 0.819. The number of nitrogens with zero attached hydrogens (tertiary/aromatic N) is 1. The van der Waals surface area contributed by atoms with Gasteiger partial charge in [-0.3, -0.25) is 4.79 Å². The number of carbonyl (C=O) groups excluding carboxylic acids is 1. The third-order valence-corrected chi connectivity index (χ3v) is 3.55. The van der Waals surface area contributed by atoms with Gasteiger partial charge >= 0.3 is 0 Å². The van der Waals surface area contributed by atoms with Crippen LogP contribution in [-0.2, 0) is 16.0 Å². The Hall–Kier alpha value is -1.39. The lowest BCUT2D eigenvalue weighted by Crippen LogP contribution is -2.46. The minimum Gasteiger partial charge on any atom is -0.383 e. The fourth-order valence-corrected chi connectivity index (χ4v) is 2.52. The van der Waals surface area contributed by atoms with E-state index < -0.39 is 0 Å². The number of ether oxygens (including phenoxy) is 1. The van der Waals surface area contributed by atoms with Crippen LogP contribution in [0.15, 0.2) is 24.3 Å². The zero-order valence-electron chi connectivity index (χ0n) is 11.7. The van der Waals surface area contributed by atoms with E-state index in [2.05, 4.69) is 18.3 Å². The van der Waals surface area contributed by atoms with Crippen molar-refractivity contribution in [2.45, 2.75) is 25.8 Å². The third-order valence-electron chi connectivity index (χ3n) is 3.55. The van der Waals surface area contributed by atoms with Crippen molar-refractivity contribution in [2.24, 2.45) is 0 Å². The summed E-state index contributed by atoms with van der Waals surface area (Å²) in [7, 11) is 1.66. The summed E-state index contributed by atoms with van der Waals surface area (Å²) in [6.45, 7) is 3.80. The highest BCUT2D eigenvalue weighted by molar-refractivity contribution is 5.96. The smallest absolute Gasteiger partial charge is 0.241 e. The van der Waals surface area contributed by atoms with E-state index in [1.165, 1.54) is 5.56 Å². The van der Waals surface area contributed by atoms with Crippen LogP contribution in [0.2, 0.25) is 0 Å². The lowest BCUT2D eigenvalue weighted by molar-refractivity contribution is -0.118. The van der Waals surface area contributed by atoms with Gasteiger partial charge in [0, 0.05) is 25.4 Å². The average Bonchev–Trinajstić information content (AvgIpc) is 2.43. The lowest BCUT2D eigenvalue weighted by Gasteiger charge is -2.35.